The van der Waals surface area contributed by atoms with Crippen LogP contribution in [-0.2, 0) is 12.0 Å². The fourth-order valence-corrected chi connectivity index (χ4v) is 3.74. The molecule has 1 aromatic rings. The molecule has 122 valence electrons. The SMILES string of the molecule is CCC(CC)N(C)c1nc(C(C)(C)C)c(CNC(C)C)s1. The average Bonchev–Trinajstić information content (AvgIpc) is 2.81. The van der Waals surface area contributed by atoms with E-state index in [1.807, 2.05) is 11.3 Å². The highest BCUT2D eigenvalue weighted by Crippen LogP contribution is 2.34. The molecule has 0 amide bonds. The number of nitrogens with one attached hydrogen (secondary N) is 1. The summed E-state index contributed by atoms with van der Waals surface area (Å²) in [6.07, 6.45) is 2.33. The number of thiazole rings is 1. The van der Waals surface area contributed by atoms with Crippen molar-refractivity contribution < 1.29 is 0 Å². The molecule has 0 atom stereocenters. The summed E-state index contributed by atoms with van der Waals surface area (Å²) in [5, 5.41) is 4.70. The van der Waals surface area contributed by atoms with Crippen LogP contribution in [0.15, 0.2) is 0 Å². The maximum Gasteiger partial charge on any atom is 0.185 e. The summed E-state index contributed by atoms with van der Waals surface area (Å²) in [6, 6.07) is 1.08. The molecule has 0 aliphatic heterocycles. The fraction of sp³-hybridized carbons (Fsp3) is 0.824. The van der Waals surface area contributed by atoms with Crippen molar-refractivity contribution in [3.8, 4) is 0 Å². The van der Waals surface area contributed by atoms with Crippen molar-refractivity contribution >= 4 is 16.5 Å². The van der Waals surface area contributed by atoms with Crippen LogP contribution in [0.4, 0.5) is 5.13 Å². The van der Waals surface area contributed by atoms with Crippen molar-refractivity contribution in [1.29, 1.82) is 0 Å². The molecule has 0 saturated heterocycles. The molecule has 4 heteroatoms. The third kappa shape index (κ3) is 4.96. The molecule has 1 N–H and O–H groups in total. The van der Waals surface area contributed by atoms with Gasteiger partial charge in [-0.15, -0.1) is 11.3 Å². The first kappa shape index (κ1) is 18.4. The van der Waals surface area contributed by atoms with Crippen molar-refractivity contribution in [3.05, 3.63) is 10.6 Å². The first-order valence-corrected chi connectivity index (χ1v) is 8.98. The second kappa shape index (κ2) is 7.59. The Bertz CT molecular complexity index is 428. The molecule has 0 aromatic carbocycles. The minimum Gasteiger partial charge on any atom is -0.348 e. The lowest BCUT2D eigenvalue weighted by Crippen LogP contribution is -2.30. The van der Waals surface area contributed by atoms with Gasteiger partial charge < -0.3 is 10.2 Å². The topological polar surface area (TPSA) is 28.2 Å². The maximum absolute atomic E-state index is 4.98. The molecule has 1 heterocycles. The molecular weight excluding hydrogens is 278 g/mol. The van der Waals surface area contributed by atoms with Gasteiger partial charge in [0.1, 0.15) is 0 Å². The third-order valence-corrected chi connectivity index (χ3v) is 5.01. The predicted octanol–water partition coefficient (Wildman–Crippen LogP) is 4.56. The predicted molar refractivity (Wildman–Crippen MR) is 95.6 cm³/mol. The Balaban J connectivity index is 3.07. The molecule has 3 nitrogen and oxygen atoms in total. The van der Waals surface area contributed by atoms with E-state index in [-0.39, 0.29) is 5.41 Å². The largest absolute Gasteiger partial charge is 0.348 e. The van der Waals surface area contributed by atoms with Gasteiger partial charge in [-0.1, -0.05) is 48.5 Å². The molecule has 0 fully saturated rings. The van der Waals surface area contributed by atoms with Crippen LogP contribution in [0.2, 0.25) is 0 Å². The zero-order valence-corrected chi connectivity index (χ0v) is 15.9. The van der Waals surface area contributed by atoms with Gasteiger partial charge in [-0.3, -0.25) is 0 Å². The Morgan fingerprint density at radius 3 is 2.19 bits per heavy atom. The highest BCUT2D eigenvalue weighted by Gasteiger charge is 2.25. The minimum absolute atomic E-state index is 0.0948. The standard InChI is InChI=1S/C17H33N3S/c1-9-13(10-2)20(8)16-19-15(17(5,6)7)14(21-16)11-18-12(3)4/h12-13,18H,9-11H2,1-8H3. The Morgan fingerprint density at radius 1 is 1.19 bits per heavy atom. The van der Waals surface area contributed by atoms with E-state index in [4.69, 9.17) is 4.98 Å². The van der Waals surface area contributed by atoms with E-state index in [0.29, 0.717) is 12.1 Å². The number of nitrogens with zero attached hydrogens (tertiary/aromatic N) is 2. The van der Waals surface area contributed by atoms with Gasteiger partial charge in [0.2, 0.25) is 0 Å². The van der Waals surface area contributed by atoms with Crippen LogP contribution in [0.25, 0.3) is 0 Å². The van der Waals surface area contributed by atoms with Gasteiger partial charge in [0, 0.05) is 36.0 Å². The molecule has 0 spiro atoms. The van der Waals surface area contributed by atoms with E-state index in [9.17, 15) is 0 Å². The van der Waals surface area contributed by atoms with E-state index in [2.05, 4.69) is 65.7 Å². The molecule has 0 saturated carbocycles. The van der Waals surface area contributed by atoms with Gasteiger partial charge in [0.05, 0.1) is 5.69 Å². The monoisotopic (exact) mass is 311 g/mol. The normalized spacial score (nSPS) is 12.5. The van der Waals surface area contributed by atoms with E-state index in [1.54, 1.807) is 0 Å². The Morgan fingerprint density at radius 2 is 1.76 bits per heavy atom. The van der Waals surface area contributed by atoms with Crippen molar-refractivity contribution in [2.75, 3.05) is 11.9 Å². The lowest BCUT2D eigenvalue weighted by atomic mass is 9.91. The minimum atomic E-state index is 0.0948. The van der Waals surface area contributed by atoms with E-state index >= 15 is 0 Å². The molecule has 0 bridgehead atoms. The smallest absolute Gasteiger partial charge is 0.185 e. The highest BCUT2D eigenvalue weighted by atomic mass is 32.1. The summed E-state index contributed by atoms with van der Waals surface area (Å²) in [5.41, 5.74) is 1.34. The maximum atomic E-state index is 4.98. The Hall–Kier alpha value is -0.610. The lowest BCUT2D eigenvalue weighted by Gasteiger charge is -2.25. The summed E-state index contributed by atoms with van der Waals surface area (Å²) >= 11 is 1.85. The van der Waals surface area contributed by atoms with Crippen LogP contribution in [0.1, 0.15) is 71.9 Å². The molecule has 0 radical (unpaired) electrons. The molecule has 0 aliphatic carbocycles. The van der Waals surface area contributed by atoms with Crippen LogP contribution in [0.5, 0.6) is 0 Å². The van der Waals surface area contributed by atoms with E-state index < -0.39 is 0 Å². The van der Waals surface area contributed by atoms with Gasteiger partial charge in [0.25, 0.3) is 0 Å². The Labute approximate surface area is 135 Å². The van der Waals surface area contributed by atoms with Crippen molar-refractivity contribution in [2.24, 2.45) is 0 Å². The summed E-state index contributed by atoms with van der Waals surface area (Å²) in [7, 11) is 2.18. The van der Waals surface area contributed by atoms with Crippen LogP contribution in [0.3, 0.4) is 0 Å². The van der Waals surface area contributed by atoms with E-state index in [1.165, 1.54) is 10.6 Å². The molecule has 1 aromatic heterocycles. The Kier molecular flexibility index (Phi) is 6.67. The summed E-state index contributed by atoms with van der Waals surface area (Å²) < 4.78 is 0. The van der Waals surface area contributed by atoms with Gasteiger partial charge >= 0.3 is 0 Å². The second-order valence-electron chi connectivity index (χ2n) is 7.14. The number of hydrogen-bond acceptors (Lipinski definition) is 4. The average molecular weight is 312 g/mol. The fourth-order valence-electron chi connectivity index (χ4n) is 2.49. The number of aromatic nitrogens is 1. The van der Waals surface area contributed by atoms with Gasteiger partial charge in [-0.2, -0.15) is 0 Å². The number of rotatable bonds is 7. The first-order valence-electron chi connectivity index (χ1n) is 8.17. The lowest BCUT2D eigenvalue weighted by molar-refractivity contribution is 0.543. The summed E-state index contributed by atoms with van der Waals surface area (Å²) in [4.78, 5) is 8.72. The van der Waals surface area contributed by atoms with Crippen LogP contribution >= 0.6 is 11.3 Å². The zero-order valence-electron chi connectivity index (χ0n) is 15.1. The van der Waals surface area contributed by atoms with Gasteiger partial charge in [-0.25, -0.2) is 4.98 Å². The molecular formula is C17H33N3S. The van der Waals surface area contributed by atoms with Gasteiger partial charge in [0.15, 0.2) is 5.13 Å². The number of hydrogen-bond donors (Lipinski definition) is 1. The summed E-state index contributed by atoms with van der Waals surface area (Å²) in [5.74, 6) is 0. The van der Waals surface area contributed by atoms with E-state index in [0.717, 1.165) is 24.5 Å². The zero-order chi connectivity index (χ0) is 16.2. The number of anilines is 1. The molecule has 0 unspecified atom stereocenters. The first-order chi connectivity index (χ1) is 9.70. The third-order valence-electron chi connectivity index (χ3n) is 3.86. The van der Waals surface area contributed by atoms with Crippen molar-refractivity contribution in [3.63, 3.8) is 0 Å². The van der Waals surface area contributed by atoms with Gasteiger partial charge in [-0.05, 0) is 12.8 Å². The quantitative estimate of drug-likeness (QED) is 0.800. The molecule has 1 rings (SSSR count). The molecule has 0 aliphatic rings. The van der Waals surface area contributed by atoms with Crippen LogP contribution in [-0.4, -0.2) is 24.1 Å². The van der Waals surface area contributed by atoms with Crippen molar-refractivity contribution in [1.82, 2.24) is 10.3 Å². The molecule has 21 heavy (non-hydrogen) atoms. The second-order valence-corrected chi connectivity index (χ2v) is 8.20. The summed E-state index contributed by atoms with van der Waals surface area (Å²) in [6.45, 7) is 16.6. The van der Waals surface area contributed by atoms with Crippen LogP contribution < -0.4 is 10.2 Å². The highest BCUT2D eigenvalue weighted by molar-refractivity contribution is 7.15. The van der Waals surface area contributed by atoms with Crippen LogP contribution in [0, 0.1) is 0 Å². The van der Waals surface area contributed by atoms with Crippen molar-refractivity contribution in [2.45, 2.75) is 85.4 Å².